The lowest BCUT2D eigenvalue weighted by molar-refractivity contribution is -0.125. The van der Waals surface area contributed by atoms with E-state index in [0.29, 0.717) is 5.92 Å². The molecule has 2 aliphatic rings. The maximum atomic E-state index is 11.4. The van der Waals surface area contributed by atoms with E-state index in [-0.39, 0.29) is 5.91 Å². The van der Waals surface area contributed by atoms with Crippen molar-refractivity contribution in [2.24, 2.45) is 17.8 Å². The van der Waals surface area contributed by atoms with Gasteiger partial charge in [0, 0.05) is 13.0 Å². The van der Waals surface area contributed by atoms with Crippen LogP contribution in [0.2, 0.25) is 0 Å². The Kier molecular flexibility index (Phi) is 1.63. The largest absolute Gasteiger partial charge is 0.359 e. The van der Waals surface area contributed by atoms with Gasteiger partial charge in [0.15, 0.2) is 0 Å². The minimum absolute atomic E-state index is 0.287. The molecule has 0 spiro atoms. The van der Waals surface area contributed by atoms with E-state index < -0.39 is 0 Å². The summed E-state index contributed by atoms with van der Waals surface area (Å²) in [6.45, 7) is 0. The van der Waals surface area contributed by atoms with Crippen molar-refractivity contribution in [1.29, 1.82) is 0 Å². The monoisotopic (exact) mass is 153 g/mol. The van der Waals surface area contributed by atoms with Gasteiger partial charge in [-0.25, -0.2) is 0 Å². The standard InChI is InChI=1S/C9H15NO/c1-10-9(11)8(6-2-3-6)7-4-5-7/h6-8H,2-5H2,1H3,(H,10,11). The average molecular weight is 153 g/mol. The zero-order valence-electron chi connectivity index (χ0n) is 6.97. The zero-order valence-corrected chi connectivity index (χ0v) is 6.97. The highest BCUT2D eigenvalue weighted by Crippen LogP contribution is 2.49. The minimum atomic E-state index is 0.287. The number of nitrogens with one attached hydrogen (secondary N) is 1. The van der Waals surface area contributed by atoms with Gasteiger partial charge in [-0.2, -0.15) is 0 Å². The van der Waals surface area contributed by atoms with Crippen LogP contribution in [0.1, 0.15) is 25.7 Å². The minimum Gasteiger partial charge on any atom is -0.359 e. The molecule has 0 aliphatic heterocycles. The summed E-state index contributed by atoms with van der Waals surface area (Å²) in [5.41, 5.74) is 0. The fourth-order valence-electron chi connectivity index (χ4n) is 1.89. The first-order chi connectivity index (χ1) is 5.33. The second-order valence-electron chi connectivity index (χ2n) is 3.81. The molecule has 2 aliphatic carbocycles. The Morgan fingerprint density at radius 1 is 1.27 bits per heavy atom. The van der Waals surface area contributed by atoms with Crippen molar-refractivity contribution >= 4 is 5.91 Å². The molecular formula is C9H15NO. The van der Waals surface area contributed by atoms with Crippen LogP contribution in [0.15, 0.2) is 0 Å². The van der Waals surface area contributed by atoms with Crippen LogP contribution in [-0.4, -0.2) is 13.0 Å². The lowest BCUT2D eigenvalue weighted by Crippen LogP contribution is -2.30. The van der Waals surface area contributed by atoms with Gasteiger partial charge >= 0.3 is 0 Å². The molecule has 0 aromatic rings. The normalized spacial score (nSPS) is 23.8. The van der Waals surface area contributed by atoms with Gasteiger partial charge in [0.25, 0.3) is 0 Å². The maximum Gasteiger partial charge on any atom is 0.223 e. The van der Waals surface area contributed by atoms with Crippen molar-refractivity contribution in [2.75, 3.05) is 7.05 Å². The average Bonchev–Trinajstić information content (AvgIpc) is 2.81. The zero-order chi connectivity index (χ0) is 7.84. The van der Waals surface area contributed by atoms with Gasteiger partial charge in [0.05, 0.1) is 0 Å². The molecule has 0 heterocycles. The first-order valence-electron chi connectivity index (χ1n) is 4.54. The lowest BCUT2D eigenvalue weighted by Gasteiger charge is -2.12. The van der Waals surface area contributed by atoms with E-state index >= 15 is 0 Å². The number of rotatable bonds is 3. The molecule has 2 nitrogen and oxygen atoms in total. The molecule has 0 unspecified atom stereocenters. The van der Waals surface area contributed by atoms with Crippen molar-refractivity contribution in [1.82, 2.24) is 5.32 Å². The van der Waals surface area contributed by atoms with Crippen LogP contribution in [-0.2, 0) is 4.79 Å². The molecule has 62 valence electrons. The Morgan fingerprint density at radius 2 is 1.73 bits per heavy atom. The van der Waals surface area contributed by atoms with E-state index in [2.05, 4.69) is 5.32 Å². The fraction of sp³-hybridized carbons (Fsp3) is 0.889. The van der Waals surface area contributed by atoms with E-state index in [1.54, 1.807) is 7.05 Å². The molecular weight excluding hydrogens is 138 g/mol. The van der Waals surface area contributed by atoms with E-state index in [9.17, 15) is 4.79 Å². The molecule has 11 heavy (non-hydrogen) atoms. The summed E-state index contributed by atoms with van der Waals surface area (Å²) in [4.78, 5) is 11.4. The van der Waals surface area contributed by atoms with Crippen molar-refractivity contribution < 1.29 is 4.79 Å². The SMILES string of the molecule is CNC(=O)C(C1CC1)C1CC1. The van der Waals surface area contributed by atoms with Crippen LogP contribution in [0.25, 0.3) is 0 Å². The predicted molar refractivity (Wildman–Crippen MR) is 43.0 cm³/mol. The van der Waals surface area contributed by atoms with Gasteiger partial charge in [-0.3, -0.25) is 4.79 Å². The highest BCUT2D eigenvalue weighted by atomic mass is 16.1. The van der Waals surface area contributed by atoms with Crippen molar-refractivity contribution in [3.63, 3.8) is 0 Å². The molecule has 0 atom stereocenters. The number of carbonyl (C=O) groups excluding carboxylic acids is 1. The van der Waals surface area contributed by atoms with Crippen LogP contribution >= 0.6 is 0 Å². The van der Waals surface area contributed by atoms with Gasteiger partial charge in [-0.15, -0.1) is 0 Å². The Labute approximate surface area is 67.4 Å². The maximum absolute atomic E-state index is 11.4. The molecule has 0 aromatic carbocycles. The molecule has 0 aromatic heterocycles. The summed E-state index contributed by atoms with van der Waals surface area (Å²) >= 11 is 0. The number of hydrogen-bond donors (Lipinski definition) is 1. The molecule has 1 amide bonds. The number of carbonyl (C=O) groups is 1. The first-order valence-corrected chi connectivity index (χ1v) is 4.54. The van der Waals surface area contributed by atoms with Crippen LogP contribution in [0.4, 0.5) is 0 Å². The molecule has 1 N–H and O–H groups in total. The second-order valence-corrected chi connectivity index (χ2v) is 3.81. The van der Waals surface area contributed by atoms with Crippen LogP contribution < -0.4 is 5.32 Å². The van der Waals surface area contributed by atoms with Crippen molar-refractivity contribution in [3.05, 3.63) is 0 Å². The van der Waals surface area contributed by atoms with Gasteiger partial charge in [-0.05, 0) is 37.5 Å². The first kappa shape index (κ1) is 7.14. The summed E-state index contributed by atoms with van der Waals surface area (Å²) in [7, 11) is 1.75. The molecule has 2 saturated carbocycles. The predicted octanol–water partition coefficient (Wildman–Crippen LogP) is 1.17. The second kappa shape index (κ2) is 2.50. The third kappa shape index (κ3) is 1.39. The van der Waals surface area contributed by atoms with Crippen molar-refractivity contribution in [2.45, 2.75) is 25.7 Å². The van der Waals surface area contributed by atoms with Crippen LogP contribution in [0.3, 0.4) is 0 Å². The lowest BCUT2D eigenvalue weighted by atomic mass is 9.97. The Balaban J connectivity index is 1.96. The number of amides is 1. The van der Waals surface area contributed by atoms with Gasteiger partial charge in [-0.1, -0.05) is 0 Å². The highest BCUT2D eigenvalue weighted by molar-refractivity contribution is 5.79. The fourth-order valence-corrected chi connectivity index (χ4v) is 1.89. The Hall–Kier alpha value is -0.530. The van der Waals surface area contributed by atoms with Gasteiger partial charge in [0.2, 0.25) is 5.91 Å². The van der Waals surface area contributed by atoms with E-state index in [1.807, 2.05) is 0 Å². The molecule has 2 heteroatoms. The quantitative estimate of drug-likeness (QED) is 0.648. The Bertz CT molecular complexity index is 158. The van der Waals surface area contributed by atoms with Crippen molar-refractivity contribution in [3.8, 4) is 0 Å². The summed E-state index contributed by atoms with van der Waals surface area (Å²) < 4.78 is 0. The summed E-state index contributed by atoms with van der Waals surface area (Å²) in [6.07, 6.45) is 5.15. The molecule has 2 fully saturated rings. The number of hydrogen-bond acceptors (Lipinski definition) is 1. The Morgan fingerprint density at radius 3 is 2.00 bits per heavy atom. The molecule has 0 radical (unpaired) electrons. The van der Waals surface area contributed by atoms with E-state index in [1.165, 1.54) is 25.7 Å². The third-order valence-corrected chi connectivity index (χ3v) is 2.81. The highest BCUT2D eigenvalue weighted by Gasteiger charge is 2.45. The van der Waals surface area contributed by atoms with Gasteiger partial charge in [0.1, 0.15) is 0 Å². The summed E-state index contributed by atoms with van der Waals surface area (Å²) in [6, 6.07) is 0. The topological polar surface area (TPSA) is 29.1 Å². The van der Waals surface area contributed by atoms with Crippen LogP contribution in [0, 0.1) is 17.8 Å². The smallest absolute Gasteiger partial charge is 0.223 e. The molecule has 0 saturated heterocycles. The summed E-state index contributed by atoms with van der Waals surface area (Å²) in [5.74, 6) is 2.14. The van der Waals surface area contributed by atoms with Gasteiger partial charge < -0.3 is 5.32 Å². The third-order valence-electron chi connectivity index (χ3n) is 2.81. The summed E-state index contributed by atoms with van der Waals surface area (Å²) in [5, 5.41) is 2.77. The van der Waals surface area contributed by atoms with Crippen LogP contribution in [0.5, 0.6) is 0 Å². The molecule has 2 rings (SSSR count). The molecule has 0 bridgehead atoms. The van der Waals surface area contributed by atoms with E-state index in [4.69, 9.17) is 0 Å². The van der Waals surface area contributed by atoms with E-state index in [0.717, 1.165) is 11.8 Å².